The van der Waals surface area contributed by atoms with Crippen molar-refractivity contribution in [2.75, 3.05) is 0 Å². The molecule has 0 aliphatic heterocycles. The van der Waals surface area contributed by atoms with E-state index in [1.54, 1.807) is 6.92 Å². The monoisotopic (exact) mass is 243 g/mol. The zero-order chi connectivity index (χ0) is 12.6. The summed E-state index contributed by atoms with van der Waals surface area (Å²) >= 11 is 0. The second kappa shape index (κ2) is 4.13. The summed E-state index contributed by atoms with van der Waals surface area (Å²) in [4.78, 5) is 15.2. The normalized spacial score (nSPS) is 25.3. The standard InChI is InChI=1S/C12H12F3NO/c1-7-8(2-3-11(7)17)9-6-16-5-4-10(9)12(13,14)15/h4-8H,2-3H2,1H3. The number of carbonyl (C=O) groups excluding carboxylic acids is 1. The zero-order valence-corrected chi connectivity index (χ0v) is 9.29. The molecular formula is C12H12F3NO. The van der Waals surface area contributed by atoms with Gasteiger partial charge in [-0.3, -0.25) is 9.78 Å². The van der Waals surface area contributed by atoms with Crippen molar-refractivity contribution in [3.8, 4) is 0 Å². The van der Waals surface area contributed by atoms with Crippen molar-refractivity contribution in [2.45, 2.75) is 31.9 Å². The summed E-state index contributed by atoms with van der Waals surface area (Å²) < 4.78 is 38.4. The van der Waals surface area contributed by atoms with Crippen molar-refractivity contribution in [3.05, 3.63) is 29.6 Å². The van der Waals surface area contributed by atoms with E-state index in [0.717, 1.165) is 12.3 Å². The number of hydrogen-bond donors (Lipinski definition) is 0. The molecule has 0 amide bonds. The Balaban J connectivity index is 2.43. The Bertz CT molecular complexity index is 442. The zero-order valence-electron chi connectivity index (χ0n) is 9.29. The molecule has 0 N–H and O–H groups in total. The fraction of sp³-hybridized carbons (Fsp3) is 0.500. The van der Waals surface area contributed by atoms with Crippen molar-refractivity contribution in [3.63, 3.8) is 0 Å². The van der Waals surface area contributed by atoms with Crippen molar-refractivity contribution < 1.29 is 18.0 Å². The first-order valence-corrected chi connectivity index (χ1v) is 5.45. The molecule has 1 saturated carbocycles. The first-order valence-electron chi connectivity index (χ1n) is 5.45. The van der Waals surface area contributed by atoms with E-state index < -0.39 is 11.7 Å². The number of rotatable bonds is 1. The van der Waals surface area contributed by atoms with E-state index in [-0.39, 0.29) is 23.2 Å². The molecule has 0 aromatic carbocycles. The highest BCUT2D eigenvalue weighted by molar-refractivity contribution is 5.84. The molecule has 1 aromatic rings. The van der Waals surface area contributed by atoms with Gasteiger partial charge in [0.05, 0.1) is 5.56 Å². The molecule has 5 heteroatoms. The van der Waals surface area contributed by atoms with Crippen LogP contribution in [0.3, 0.4) is 0 Å². The Kier molecular flexibility index (Phi) is 2.93. The van der Waals surface area contributed by atoms with E-state index in [4.69, 9.17) is 0 Å². The van der Waals surface area contributed by atoms with Crippen LogP contribution in [0.5, 0.6) is 0 Å². The van der Waals surface area contributed by atoms with Gasteiger partial charge in [0.1, 0.15) is 5.78 Å². The van der Waals surface area contributed by atoms with Gasteiger partial charge in [-0.05, 0) is 24.0 Å². The van der Waals surface area contributed by atoms with Crippen molar-refractivity contribution >= 4 is 5.78 Å². The van der Waals surface area contributed by atoms with Gasteiger partial charge in [0.25, 0.3) is 0 Å². The number of alkyl halides is 3. The molecule has 1 aliphatic rings. The molecule has 1 aliphatic carbocycles. The lowest BCUT2D eigenvalue weighted by Gasteiger charge is -2.19. The van der Waals surface area contributed by atoms with Crippen molar-refractivity contribution in [1.29, 1.82) is 0 Å². The second-order valence-corrected chi connectivity index (χ2v) is 4.36. The van der Waals surface area contributed by atoms with Gasteiger partial charge in [-0.2, -0.15) is 13.2 Å². The highest BCUT2D eigenvalue weighted by atomic mass is 19.4. The second-order valence-electron chi connectivity index (χ2n) is 4.36. The lowest BCUT2D eigenvalue weighted by atomic mass is 9.88. The molecule has 17 heavy (non-hydrogen) atoms. The van der Waals surface area contributed by atoms with Gasteiger partial charge in [-0.15, -0.1) is 0 Å². The van der Waals surface area contributed by atoms with E-state index in [1.807, 2.05) is 0 Å². The van der Waals surface area contributed by atoms with Gasteiger partial charge < -0.3 is 0 Å². The van der Waals surface area contributed by atoms with E-state index in [9.17, 15) is 18.0 Å². The highest BCUT2D eigenvalue weighted by Crippen LogP contribution is 2.42. The maximum absolute atomic E-state index is 12.8. The van der Waals surface area contributed by atoms with Crippen LogP contribution in [0.4, 0.5) is 13.2 Å². The molecule has 92 valence electrons. The molecule has 1 aromatic heterocycles. The summed E-state index contributed by atoms with van der Waals surface area (Å²) in [6, 6.07) is 0.977. The topological polar surface area (TPSA) is 30.0 Å². The van der Waals surface area contributed by atoms with Crippen LogP contribution >= 0.6 is 0 Å². The van der Waals surface area contributed by atoms with Gasteiger partial charge in [-0.25, -0.2) is 0 Å². The molecule has 2 nitrogen and oxygen atoms in total. The van der Waals surface area contributed by atoms with Crippen LogP contribution in [0.15, 0.2) is 18.5 Å². The molecular weight excluding hydrogens is 231 g/mol. The molecule has 0 bridgehead atoms. The SMILES string of the molecule is CC1C(=O)CCC1c1cnccc1C(F)(F)F. The fourth-order valence-electron chi connectivity index (χ4n) is 2.38. The Labute approximate surface area is 96.9 Å². The van der Waals surface area contributed by atoms with Gasteiger partial charge in [0, 0.05) is 24.7 Å². The molecule has 0 saturated heterocycles. The predicted octanol–water partition coefficient (Wildman–Crippen LogP) is 3.18. The maximum atomic E-state index is 12.8. The van der Waals surface area contributed by atoms with Crippen LogP contribution in [-0.2, 0) is 11.0 Å². The quantitative estimate of drug-likeness (QED) is 0.758. The third kappa shape index (κ3) is 2.18. The van der Waals surface area contributed by atoms with E-state index in [0.29, 0.717) is 12.8 Å². The molecule has 1 fully saturated rings. The average molecular weight is 243 g/mol. The minimum absolute atomic E-state index is 0.0342. The highest BCUT2D eigenvalue weighted by Gasteiger charge is 2.39. The van der Waals surface area contributed by atoms with Gasteiger partial charge in [-0.1, -0.05) is 6.92 Å². The number of Topliss-reactive ketones (excluding diaryl/α,β-unsaturated/α-hetero) is 1. The first-order chi connectivity index (χ1) is 7.91. The number of pyridine rings is 1. The minimum atomic E-state index is -4.39. The molecule has 2 atom stereocenters. The van der Waals surface area contributed by atoms with Crippen LogP contribution in [0.1, 0.15) is 36.8 Å². The summed E-state index contributed by atoms with van der Waals surface area (Å²) in [5.41, 5.74) is -0.516. The van der Waals surface area contributed by atoms with Crippen LogP contribution in [-0.4, -0.2) is 10.8 Å². The lowest BCUT2D eigenvalue weighted by molar-refractivity contribution is -0.138. The molecule has 0 radical (unpaired) electrons. The summed E-state index contributed by atoms with van der Waals surface area (Å²) in [5, 5.41) is 0. The molecule has 2 rings (SSSR count). The molecule has 1 heterocycles. The number of nitrogens with zero attached hydrogens (tertiary/aromatic N) is 1. The Morgan fingerprint density at radius 1 is 1.41 bits per heavy atom. The van der Waals surface area contributed by atoms with Crippen LogP contribution in [0.2, 0.25) is 0 Å². The predicted molar refractivity (Wildman–Crippen MR) is 55.4 cm³/mol. The van der Waals surface area contributed by atoms with Gasteiger partial charge in [0.15, 0.2) is 0 Å². The minimum Gasteiger partial charge on any atom is -0.299 e. The summed E-state index contributed by atoms with van der Waals surface area (Å²) in [6.07, 6.45) is -1.17. The summed E-state index contributed by atoms with van der Waals surface area (Å²) in [7, 11) is 0. The molecule has 0 spiro atoms. The van der Waals surface area contributed by atoms with Crippen LogP contribution in [0.25, 0.3) is 0 Å². The van der Waals surface area contributed by atoms with E-state index in [1.165, 1.54) is 6.20 Å². The summed E-state index contributed by atoms with van der Waals surface area (Å²) in [6.45, 7) is 1.69. The summed E-state index contributed by atoms with van der Waals surface area (Å²) in [5.74, 6) is -0.667. The Hall–Kier alpha value is -1.39. The smallest absolute Gasteiger partial charge is 0.299 e. The largest absolute Gasteiger partial charge is 0.416 e. The van der Waals surface area contributed by atoms with Gasteiger partial charge >= 0.3 is 6.18 Å². The van der Waals surface area contributed by atoms with E-state index in [2.05, 4.69) is 4.98 Å². The number of ketones is 1. The van der Waals surface area contributed by atoms with Crippen LogP contribution < -0.4 is 0 Å². The van der Waals surface area contributed by atoms with Crippen molar-refractivity contribution in [1.82, 2.24) is 4.98 Å². The third-order valence-electron chi connectivity index (χ3n) is 3.37. The van der Waals surface area contributed by atoms with Gasteiger partial charge in [0.2, 0.25) is 0 Å². The number of hydrogen-bond acceptors (Lipinski definition) is 2. The Morgan fingerprint density at radius 2 is 2.12 bits per heavy atom. The Morgan fingerprint density at radius 3 is 2.65 bits per heavy atom. The maximum Gasteiger partial charge on any atom is 0.416 e. The third-order valence-corrected chi connectivity index (χ3v) is 3.37. The number of halogens is 3. The molecule has 2 unspecified atom stereocenters. The average Bonchev–Trinajstić information content (AvgIpc) is 2.59. The lowest BCUT2D eigenvalue weighted by Crippen LogP contribution is -2.16. The van der Waals surface area contributed by atoms with Crippen molar-refractivity contribution in [2.24, 2.45) is 5.92 Å². The van der Waals surface area contributed by atoms with Crippen LogP contribution in [0, 0.1) is 5.92 Å². The fourth-order valence-corrected chi connectivity index (χ4v) is 2.38. The number of aromatic nitrogens is 1. The first kappa shape index (κ1) is 12.1. The van der Waals surface area contributed by atoms with E-state index >= 15 is 0 Å². The number of carbonyl (C=O) groups is 1.